The van der Waals surface area contributed by atoms with Gasteiger partial charge in [-0.1, -0.05) is 12.8 Å². The average Bonchev–Trinajstić information content (AvgIpc) is 2.75. The molecule has 5 heteroatoms. The predicted molar refractivity (Wildman–Crippen MR) is 58.1 cm³/mol. The quantitative estimate of drug-likeness (QED) is 0.734. The molecular formula is C11H19NO4. The summed E-state index contributed by atoms with van der Waals surface area (Å²) >= 11 is 0. The van der Waals surface area contributed by atoms with Crippen LogP contribution in [-0.4, -0.2) is 48.2 Å². The van der Waals surface area contributed by atoms with E-state index in [-0.39, 0.29) is 31.6 Å². The van der Waals surface area contributed by atoms with Crippen LogP contribution >= 0.6 is 0 Å². The second-order valence-corrected chi connectivity index (χ2v) is 4.18. The molecule has 0 atom stereocenters. The molecule has 16 heavy (non-hydrogen) atoms. The number of carbonyl (C=O) groups is 2. The molecule has 1 rings (SSSR count). The number of aliphatic carboxylic acids is 1. The minimum atomic E-state index is -0.892. The zero-order valence-corrected chi connectivity index (χ0v) is 9.65. The Labute approximate surface area is 95.4 Å². The molecule has 0 unspecified atom stereocenters. The normalized spacial score (nSPS) is 16.3. The number of hydrogen-bond donors (Lipinski definition) is 1. The van der Waals surface area contributed by atoms with Gasteiger partial charge in [0.25, 0.3) is 0 Å². The highest BCUT2D eigenvalue weighted by Gasteiger charge is 2.18. The topological polar surface area (TPSA) is 66.8 Å². The van der Waals surface area contributed by atoms with Crippen molar-refractivity contribution in [3.05, 3.63) is 0 Å². The molecule has 1 fully saturated rings. The SMILES string of the molecule is CN(CCC(=O)O)C(=O)COC1CCCC1. The Morgan fingerprint density at radius 2 is 2.00 bits per heavy atom. The van der Waals surface area contributed by atoms with Crippen molar-refractivity contribution in [3.63, 3.8) is 0 Å². The van der Waals surface area contributed by atoms with Gasteiger partial charge in [0, 0.05) is 13.6 Å². The van der Waals surface area contributed by atoms with E-state index in [2.05, 4.69) is 0 Å². The summed E-state index contributed by atoms with van der Waals surface area (Å²) in [5.41, 5.74) is 0. The van der Waals surface area contributed by atoms with Gasteiger partial charge in [0.05, 0.1) is 12.5 Å². The van der Waals surface area contributed by atoms with Crippen molar-refractivity contribution in [1.29, 1.82) is 0 Å². The molecule has 1 aliphatic carbocycles. The molecule has 0 aliphatic heterocycles. The lowest BCUT2D eigenvalue weighted by atomic mass is 10.3. The maximum Gasteiger partial charge on any atom is 0.305 e. The highest BCUT2D eigenvalue weighted by atomic mass is 16.5. The van der Waals surface area contributed by atoms with Crippen LogP contribution in [0.4, 0.5) is 0 Å². The molecule has 0 aromatic heterocycles. The fourth-order valence-electron chi connectivity index (χ4n) is 1.74. The van der Waals surface area contributed by atoms with Crippen molar-refractivity contribution >= 4 is 11.9 Å². The Bertz CT molecular complexity index is 248. The van der Waals surface area contributed by atoms with Gasteiger partial charge in [0.15, 0.2) is 0 Å². The summed E-state index contributed by atoms with van der Waals surface area (Å²) in [7, 11) is 1.60. The standard InChI is InChI=1S/C11H19NO4/c1-12(7-6-11(14)15)10(13)8-16-9-4-2-3-5-9/h9H,2-8H2,1H3,(H,14,15). The monoisotopic (exact) mass is 229 g/mol. The molecular weight excluding hydrogens is 210 g/mol. The lowest BCUT2D eigenvalue weighted by molar-refractivity contribution is -0.140. The molecule has 0 spiro atoms. The second kappa shape index (κ2) is 6.48. The van der Waals surface area contributed by atoms with Crippen LogP contribution < -0.4 is 0 Å². The van der Waals surface area contributed by atoms with Crippen molar-refractivity contribution in [2.75, 3.05) is 20.2 Å². The molecule has 1 saturated carbocycles. The summed E-state index contributed by atoms with van der Waals surface area (Å²) in [6.45, 7) is 0.309. The molecule has 0 radical (unpaired) electrons. The lowest BCUT2D eigenvalue weighted by Crippen LogP contribution is -2.33. The van der Waals surface area contributed by atoms with Gasteiger partial charge in [0.1, 0.15) is 6.61 Å². The van der Waals surface area contributed by atoms with Gasteiger partial charge in [0.2, 0.25) is 5.91 Å². The van der Waals surface area contributed by atoms with E-state index in [0.29, 0.717) is 0 Å². The average molecular weight is 229 g/mol. The van der Waals surface area contributed by atoms with Crippen LogP contribution in [0.2, 0.25) is 0 Å². The number of rotatable bonds is 6. The number of amides is 1. The van der Waals surface area contributed by atoms with Gasteiger partial charge >= 0.3 is 5.97 Å². The molecule has 0 saturated heterocycles. The first-order chi connectivity index (χ1) is 7.59. The number of ether oxygens (including phenoxy) is 1. The Kier molecular flexibility index (Phi) is 5.25. The Morgan fingerprint density at radius 3 is 2.56 bits per heavy atom. The van der Waals surface area contributed by atoms with E-state index in [9.17, 15) is 9.59 Å². The van der Waals surface area contributed by atoms with E-state index in [0.717, 1.165) is 12.8 Å². The van der Waals surface area contributed by atoms with E-state index in [1.54, 1.807) is 7.05 Å². The van der Waals surface area contributed by atoms with Crippen LogP contribution in [0, 0.1) is 0 Å². The molecule has 0 aromatic rings. The first kappa shape index (κ1) is 13.0. The molecule has 0 bridgehead atoms. The third kappa shape index (κ3) is 4.61. The van der Waals surface area contributed by atoms with Crippen LogP contribution in [0.3, 0.4) is 0 Å². The Morgan fingerprint density at radius 1 is 1.38 bits per heavy atom. The maximum absolute atomic E-state index is 11.5. The third-order valence-electron chi connectivity index (χ3n) is 2.83. The summed E-state index contributed by atoms with van der Waals surface area (Å²) in [4.78, 5) is 23.3. The number of hydrogen-bond acceptors (Lipinski definition) is 3. The van der Waals surface area contributed by atoms with Crippen LogP contribution in [0.5, 0.6) is 0 Å². The molecule has 92 valence electrons. The van der Waals surface area contributed by atoms with Gasteiger partial charge in [-0.25, -0.2) is 0 Å². The van der Waals surface area contributed by atoms with E-state index < -0.39 is 5.97 Å². The highest BCUT2D eigenvalue weighted by molar-refractivity contribution is 5.77. The number of carbonyl (C=O) groups excluding carboxylic acids is 1. The van der Waals surface area contributed by atoms with Gasteiger partial charge in [-0.3, -0.25) is 9.59 Å². The summed E-state index contributed by atoms with van der Waals surface area (Å²) < 4.78 is 5.45. The number of nitrogens with zero attached hydrogens (tertiary/aromatic N) is 1. The van der Waals surface area contributed by atoms with Crippen LogP contribution in [0.25, 0.3) is 0 Å². The summed E-state index contributed by atoms with van der Waals surface area (Å²) in [5, 5.41) is 8.48. The third-order valence-corrected chi connectivity index (χ3v) is 2.83. The van der Waals surface area contributed by atoms with E-state index in [1.165, 1.54) is 17.7 Å². The first-order valence-corrected chi connectivity index (χ1v) is 5.67. The number of carboxylic acid groups (broad SMARTS) is 1. The van der Waals surface area contributed by atoms with Gasteiger partial charge in [-0.2, -0.15) is 0 Å². The van der Waals surface area contributed by atoms with Crippen molar-refractivity contribution in [1.82, 2.24) is 4.90 Å². The molecule has 0 heterocycles. The molecule has 5 nitrogen and oxygen atoms in total. The fraction of sp³-hybridized carbons (Fsp3) is 0.818. The second-order valence-electron chi connectivity index (χ2n) is 4.18. The van der Waals surface area contributed by atoms with Crippen LogP contribution in [-0.2, 0) is 14.3 Å². The molecule has 1 N–H and O–H groups in total. The van der Waals surface area contributed by atoms with Crippen molar-refractivity contribution in [3.8, 4) is 0 Å². The minimum absolute atomic E-state index is 0.0222. The maximum atomic E-state index is 11.5. The van der Waals surface area contributed by atoms with Crippen LogP contribution in [0.1, 0.15) is 32.1 Å². The first-order valence-electron chi connectivity index (χ1n) is 5.67. The fourth-order valence-corrected chi connectivity index (χ4v) is 1.74. The largest absolute Gasteiger partial charge is 0.481 e. The zero-order chi connectivity index (χ0) is 12.0. The number of carboxylic acids is 1. The van der Waals surface area contributed by atoms with E-state index in [1.807, 2.05) is 0 Å². The van der Waals surface area contributed by atoms with Gasteiger partial charge in [-0.15, -0.1) is 0 Å². The minimum Gasteiger partial charge on any atom is -0.481 e. The van der Waals surface area contributed by atoms with Gasteiger partial charge < -0.3 is 14.7 Å². The summed E-state index contributed by atoms with van der Waals surface area (Å²) in [6.07, 6.45) is 4.61. The van der Waals surface area contributed by atoms with Crippen molar-refractivity contribution < 1.29 is 19.4 Å². The molecule has 1 aliphatic rings. The molecule has 1 amide bonds. The van der Waals surface area contributed by atoms with E-state index >= 15 is 0 Å². The van der Waals surface area contributed by atoms with Crippen molar-refractivity contribution in [2.24, 2.45) is 0 Å². The zero-order valence-electron chi connectivity index (χ0n) is 9.65. The van der Waals surface area contributed by atoms with Crippen molar-refractivity contribution in [2.45, 2.75) is 38.2 Å². The van der Waals surface area contributed by atoms with Crippen LogP contribution in [0.15, 0.2) is 0 Å². The number of likely N-dealkylation sites (N-methyl/N-ethyl adjacent to an activating group) is 1. The summed E-state index contributed by atoms with van der Waals surface area (Å²) in [5.74, 6) is -1.04. The highest BCUT2D eigenvalue weighted by Crippen LogP contribution is 2.20. The van der Waals surface area contributed by atoms with E-state index in [4.69, 9.17) is 9.84 Å². The predicted octanol–water partition coefficient (Wildman–Crippen LogP) is 0.879. The lowest BCUT2D eigenvalue weighted by Gasteiger charge is -2.17. The Balaban J connectivity index is 2.15. The summed E-state index contributed by atoms with van der Waals surface area (Å²) in [6, 6.07) is 0. The Hall–Kier alpha value is -1.10. The van der Waals surface area contributed by atoms with Gasteiger partial charge in [-0.05, 0) is 12.8 Å². The smallest absolute Gasteiger partial charge is 0.305 e. The molecule has 0 aromatic carbocycles.